The number of rotatable bonds is 5. The van der Waals surface area contributed by atoms with Gasteiger partial charge in [0.1, 0.15) is 5.75 Å². The third kappa shape index (κ3) is 3.73. The summed E-state index contributed by atoms with van der Waals surface area (Å²) in [4.78, 5) is 12.0. The normalized spacial score (nSPS) is 16.1. The number of benzene rings is 1. The van der Waals surface area contributed by atoms with Crippen molar-refractivity contribution in [3.8, 4) is 5.75 Å². The molecular formula is C16H24N2O2. The van der Waals surface area contributed by atoms with Crippen LogP contribution in [0.2, 0.25) is 0 Å². The van der Waals surface area contributed by atoms with Gasteiger partial charge in [-0.2, -0.15) is 0 Å². The number of carbonyl (C=O) groups excluding carboxylic acids is 1. The fourth-order valence-corrected chi connectivity index (χ4v) is 2.21. The van der Waals surface area contributed by atoms with E-state index in [4.69, 9.17) is 10.5 Å². The first-order valence-electron chi connectivity index (χ1n) is 7.29. The van der Waals surface area contributed by atoms with Crippen molar-refractivity contribution < 1.29 is 9.53 Å². The van der Waals surface area contributed by atoms with Crippen LogP contribution in [0, 0.1) is 5.41 Å². The van der Waals surface area contributed by atoms with Gasteiger partial charge in [0.25, 0.3) is 0 Å². The molecule has 110 valence electrons. The van der Waals surface area contributed by atoms with Crippen molar-refractivity contribution >= 4 is 11.6 Å². The van der Waals surface area contributed by atoms with Gasteiger partial charge in [-0.3, -0.25) is 4.79 Å². The van der Waals surface area contributed by atoms with E-state index in [1.807, 2.05) is 38.1 Å². The molecule has 1 aliphatic carbocycles. The van der Waals surface area contributed by atoms with Gasteiger partial charge in [-0.1, -0.05) is 0 Å². The summed E-state index contributed by atoms with van der Waals surface area (Å²) in [5, 5.41) is 2.88. The maximum absolute atomic E-state index is 12.0. The molecule has 0 atom stereocenters. The van der Waals surface area contributed by atoms with Gasteiger partial charge < -0.3 is 15.8 Å². The van der Waals surface area contributed by atoms with E-state index in [2.05, 4.69) is 5.32 Å². The topological polar surface area (TPSA) is 64.4 Å². The van der Waals surface area contributed by atoms with Gasteiger partial charge in [0.15, 0.2) is 0 Å². The van der Waals surface area contributed by atoms with Crippen molar-refractivity contribution in [2.24, 2.45) is 11.1 Å². The first-order chi connectivity index (χ1) is 9.51. The number of nitrogens with one attached hydrogen (secondary N) is 1. The minimum absolute atomic E-state index is 0.0653. The van der Waals surface area contributed by atoms with Gasteiger partial charge in [0, 0.05) is 12.2 Å². The Balaban J connectivity index is 1.92. The molecule has 1 aliphatic rings. The van der Waals surface area contributed by atoms with E-state index >= 15 is 0 Å². The summed E-state index contributed by atoms with van der Waals surface area (Å²) in [5.74, 6) is 0.803. The molecule has 20 heavy (non-hydrogen) atoms. The number of anilines is 1. The van der Waals surface area contributed by atoms with Crippen molar-refractivity contribution in [1.82, 2.24) is 0 Å². The lowest BCUT2D eigenvalue weighted by atomic mass is 9.92. The second-order valence-electron chi connectivity index (χ2n) is 6.09. The highest BCUT2D eigenvalue weighted by Crippen LogP contribution is 2.25. The minimum atomic E-state index is -0.557. The molecule has 0 radical (unpaired) electrons. The van der Waals surface area contributed by atoms with Crippen molar-refractivity contribution in [2.75, 3.05) is 11.9 Å². The average molecular weight is 276 g/mol. The van der Waals surface area contributed by atoms with E-state index in [9.17, 15) is 4.79 Å². The Labute approximate surface area is 120 Å². The van der Waals surface area contributed by atoms with Gasteiger partial charge in [0.05, 0.1) is 11.5 Å². The number of hydrogen-bond acceptors (Lipinski definition) is 3. The fourth-order valence-electron chi connectivity index (χ4n) is 2.21. The van der Waals surface area contributed by atoms with Gasteiger partial charge in [0.2, 0.25) is 5.91 Å². The van der Waals surface area contributed by atoms with Crippen LogP contribution >= 0.6 is 0 Å². The molecule has 1 amide bonds. The van der Waals surface area contributed by atoms with Crippen LogP contribution in [-0.2, 0) is 4.79 Å². The number of ether oxygens (including phenoxy) is 1. The Morgan fingerprint density at radius 2 is 1.90 bits per heavy atom. The quantitative estimate of drug-likeness (QED) is 0.869. The van der Waals surface area contributed by atoms with Crippen LogP contribution in [0.25, 0.3) is 0 Å². The van der Waals surface area contributed by atoms with Crippen LogP contribution in [0.3, 0.4) is 0 Å². The lowest BCUT2D eigenvalue weighted by molar-refractivity contribution is -0.123. The SMILES string of the molecule is CC(C)(CN)C(=O)Nc1ccc(OC2CCCC2)cc1. The van der Waals surface area contributed by atoms with Crippen LogP contribution in [0.4, 0.5) is 5.69 Å². The van der Waals surface area contributed by atoms with E-state index in [0.29, 0.717) is 12.6 Å². The Morgan fingerprint density at radius 3 is 2.45 bits per heavy atom. The molecule has 1 saturated carbocycles. The van der Waals surface area contributed by atoms with Crippen LogP contribution in [0.5, 0.6) is 5.75 Å². The summed E-state index contributed by atoms with van der Waals surface area (Å²) in [7, 11) is 0. The Bertz CT molecular complexity index is 448. The molecule has 1 aromatic carbocycles. The highest BCUT2D eigenvalue weighted by Gasteiger charge is 2.25. The molecule has 0 heterocycles. The first-order valence-corrected chi connectivity index (χ1v) is 7.29. The Kier molecular flexibility index (Phi) is 4.65. The van der Waals surface area contributed by atoms with Crippen LogP contribution < -0.4 is 15.8 Å². The van der Waals surface area contributed by atoms with Gasteiger partial charge in [-0.05, 0) is 63.8 Å². The van der Waals surface area contributed by atoms with E-state index in [1.165, 1.54) is 12.8 Å². The third-order valence-electron chi connectivity index (χ3n) is 3.84. The Morgan fingerprint density at radius 1 is 1.30 bits per heavy atom. The minimum Gasteiger partial charge on any atom is -0.490 e. The third-order valence-corrected chi connectivity index (χ3v) is 3.84. The van der Waals surface area contributed by atoms with E-state index < -0.39 is 5.41 Å². The van der Waals surface area contributed by atoms with E-state index in [0.717, 1.165) is 24.3 Å². The lowest BCUT2D eigenvalue weighted by Crippen LogP contribution is -2.37. The summed E-state index contributed by atoms with van der Waals surface area (Å²) in [5.41, 5.74) is 5.81. The maximum Gasteiger partial charge on any atom is 0.231 e. The van der Waals surface area contributed by atoms with Gasteiger partial charge in [-0.15, -0.1) is 0 Å². The number of amides is 1. The largest absolute Gasteiger partial charge is 0.490 e. The molecule has 4 nitrogen and oxygen atoms in total. The predicted molar refractivity (Wildman–Crippen MR) is 80.8 cm³/mol. The molecule has 0 bridgehead atoms. The smallest absolute Gasteiger partial charge is 0.231 e. The Hall–Kier alpha value is -1.55. The molecule has 0 spiro atoms. The first kappa shape index (κ1) is 14.9. The van der Waals surface area contributed by atoms with Gasteiger partial charge >= 0.3 is 0 Å². The predicted octanol–water partition coefficient (Wildman–Crippen LogP) is 2.93. The van der Waals surface area contributed by atoms with E-state index in [-0.39, 0.29) is 5.91 Å². The highest BCUT2D eigenvalue weighted by atomic mass is 16.5. The molecule has 0 aromatic heterocycles. The molecule has 0 aliphatic heterocycles. The fraction of sp³-hybridized carbons (Fsp3) is 0.562. The zero-order chi connectivity index (χ0) is 14.6. The molecule has 0 unspecified atom stereocenters. The second kappa shape index (κ2) is 6.27. The van der Waals surface area contributed by atoms with Gasteiger partial charge in [-0.25, -0.2) is 0 Å². The van der Waals surface area contributed by atoms with E-state index in [1.54, 1.807) is 0 Å². The summed E-state index contributed by atoms with van der Waals surface area (Å²) in [6, 6.07) is 7.55. The number of nitrogens with two attached hydrogens (primary N) is 1. The summed E-state index contributed by atoms with van der Waals surface area (Å²) in [6.45, 7) is 3.99. The van der Waals surface area contributed by atoms with Crippen LogP contribution in [-0.4, -0.2) is 18.6 Å². The van der Waals surface area contributed by atoms with Crippen molar-refractivity contribution in [1.29, 1.82) is 0 Å². The monoisotopic (exact) mass is 276 g/mol. The van der Waals surface area contributed by atoms with Crippen molar-refractivity contribution in [3.05, 3.63) is 24.3 Å². The zero-order valence-corrected chi connectivity index (χ0v) is 12.3. The molecule has 1 aromatic rings. The number of hydrogen-bond donors (Lipinski definition) is 2. The van der Waals surface area contributed by atoms with Crippen LogP contribution in [0.1, 0.15) is 39.5 Å². The zero-order valence-electron chi connectivity index (χ0n) is 12.3. The molecule has 4 heteroatoms. The molecule has 2 rings (SSSR count). The second-order valence-corrected chi connectivity index (χ2v) is 6.09. The maximum atomic E-state index is 12.0. The molecule has 1 fully saturated rings. The summed E-state index contributed by atoms with van der Waals surface area (Å²) < 4.78 is 5.89. The van der Waals surface area contributed by atoms with Crippen molar-refractivity contribution in [2.45, 2.75) is 45.6 Å². The highest BCUT2D eigenvalue weighted by molar-refractivity contribution is 5.95. The van der Waals surface area contributed by atoms with Crippen molar-refractivity contribution in [3.63, 3.8) is 0 Å². The number of carbonyl (C=O) groups is 1. The van der Waals surface area contributed by atoms with Crippen LogP contribution in [0.15, 0.2) is 24.3 Å². The summed E-state index contributed by atoms with van der Waals surface area (Å²) >= 11 is 0. The summed E-state index contributed by atoms with van der Waals surface area (Å²) in [6.07, 6.45) is 5.15. The molecular weight excluding hydrogens is 252 g/mol. The average Bonchev–Trinajstić information content (AvgIpc) is 2.94. The lowest BCUT2D eigenvalue weighted by Gasteiger charge is -2.21. The standard InChI is InChI=1S/C16H24N2O2/c1-16(2,11-17)15(19)18-12-7-9-14(10-8-12)20-13-5-3-4-6-13/h7-10,13H,3-6,11,17H2,1-2H3,(H,18,19). The molecule has 0 saturated heterocycles. The molecule has 3 N–H and O–H groups in total.